The van der Waals surface area contributed by atoms with Gasteiger partial charge in [-0.05, 0) is 44.5 Å². The first-order valence-electron chi connectivity index (χ1n) is 7.73. The average Bonchev–Trinajstić information content (AvgIpc) is 2.52. The second kappa shape index (κ2) is 6.66. The van der Waals surface area contributed by atoms with Crippen LogP contribution in [0.15, 0.2) is 48.5 Å². The number of nitrogens with zero attached hydrogens (tertiary/aromatic N) is 2. The van der Waals surface area contributed by atoms with Crippen molar-refractivity contribution in [2.45, 2.75) is 20.8 Å². The minimum absolute atomic E-state index is 0.322. The Labute approximate surface area is 140 Å². The first-order chi connectivity index (χ1) is 11.5. The molecule has 1 heterocycles. The van der Waals surface area contributed by atoms with Crippen LogP contribution in [0.3, 0.4) is 0 Å². The van der Waals surface area contributed by atoms with E-state index in [0.717, 1.165) is 11.3 Å². The Morgan fingerprint density at radius 2 is 1.46 bits per heavy atom. The summed E-state index contributed by atoms with van der Waals surface area (Å²) in [6.45, 7) is 5.91. The van der Waals surface area contributed by atoms with Crippen molar-refractivity contribution in [3.63, 3.8) is 0 Å². The zero-order valence-corrected chi connectivity index (χ0v) is 13.9. The highest BCUT2D eigenvalue weighted by atomic mass is 19.1. The van der Waals surface area contributed by atoms with Gasteiger partial charge in [-0.25, -0.2) is 14.4 Å². The topological polar surface area (TPSA) is 49.8 Å². The zero-order chi connectivity index (χ0) is 17.1. The number of nitrogens with one attached hydrogen (secondary N) is 2. The van der Waals surface area contributed by atoms with Gasteiger partial charge in [-0.3, -0.25) is 0 Å². The number of halogens is 1. The van der Waals surface area contributed by atoms with Gasteiger partial charge >= 0.3 is 0 Å². The number of hydrogen-bond donors (Lipinski definition) is 2. The molecule has 0 unspecified atom stereocenters. The van der Waals surface area contributed by atoms with E-state index >= 15 is 0 Å². The summed E-state index contributed by atoms with van der Waals surface area (Å²) in [7, 11) is 0. The number of hydrogen-bond acceptors (Lipinski definition) is 4. The van der Waals surface area contributed by atoms with Crippen LogP contribution >= 0.6 is 0 Å². The van der Waals surface area contributed by atoms with Crippen LogP contribution in [0.1, 0.15) is 17.0 Å². The summed E-state index contributed by atoms with van der Waals surface area (Å²) in [5.41, 5.74) is 3.71. The van der Waals surface area contributed by atoms with E-state index in [-0.39, 0.29) is 5.82 Å². The van der Waals surface area contributed by atoms with Crippen molar-refractivity contribution in [1.82, 2.24) is 9.97 Å². The number of rotatable bonds is 4. The Bertz CT molecular complexity index is 877. The van der Waals surface area contributed by atoms with E-state index in [1.165, 1.54) is 11.6 Å². The standard InChI is InChI=1S/C19H19FN4/c1-12-8-9-16(13(2)10-12)23-18-11-19(22-14(3)21-18)24-17-7-5-4-6-15(17)20/h4-11H,1-3H3,(H2,21,22,23,24). The van der Waals surface area contributed by atoms with Gasteiger partial charge in [0.1, 0.15) is 23.3 Å². The molecule has 0 saturated carbocycles. The van der Waals surface area contributed by atoms with E-state index < -0.39 is 0 Å². The van der Waals surface area contributed by atoms with Crippen LogP contribution in [-0.2, 0) is 0 Å². The molecule has 0 amide bonds. The van der Waals surface area contributed by atoms with Gasteiger partial charge in [-0.1, -0.05) is 29.8 Å². The summed E-state index contributed by atoms with van der Waals surface area (Å²) in [6.07, 6.45) is 0. The molecule has 5 heteroatoms. The molecule has 0 bridgehead atoms. The minimum atomic E-state index is -0.322. The molecule has 0 spiro atoms. The van der Waals surface area contributed by atoms with Gasteiger partial charge in [-0.2, -0.15) is 0 Å². The first kappa shape index (κ1) is 15.9. The Hall–Kier alpha value is -2.95. The van der Waals surface area contributed by atoms with Crippen LogP contribution < -0.4 is 10.6 Å². The van der Waals surface area contributed by atoms with Gasteiger partial charge in [0.2, 0.25) is 0 Å². The van der Waals surface area contributed by atoms with Crippen LogP contribution in [0.4, 0.5) is 27.4 Å². The number of benzene rings is 2. The van der Waals surface area contributed by atoms with Crippen molar-refractivity contribution >= 4 is 23.0 Å². The molecule has 0 aliphatic rings. The van der Waals surface area contributed by atoms with Gasteiger partial charge < -0.3 is 10.6 Å². The maximum Gasteiger partial charge on any atom is 0.146 e. The zero-order valence-electron chi connectivity index (χ0n) is 13.9. The molecule has 0 aliphatic heterocycles. The summed E-state index contributed by atoms with van der Waals surface area (Å²) in [5.74, 6) is 1.48. The SMILES string of the molecule is Cc1ccc(Nc2cc(Nc3ccccc3F)nc(C)n2)c(C)c1. The fraction of sp³-hybridized carbons (Fsp3) is 0.158. The smallest absolute Gasteiger partial charge is 0.146 e. The molecule has 0 aliphatic carbocycles. The van der Waals surface area contributed by atoms with Gasteiger partial charge in [0.25, 0.3) is 0 Å². The second-order valence-corrected chi connectivity index (χ2v) is 5.73. The van der Waals surface area contributed by atoms with Crippen LogP contribution in [0.5, 0.6) is 0 Å². The molecular formula is C19H19FN4. The van der Waals surface area contributed by atoms with Crippen LogP contribution in [-0.4, -0.2) is 9.97 Å². The third-order valence-corrected chi connectivity index (χ3v) is 3.62. The van der Waals surface area contributed by atoms with Crippen LogP contribution in [0.2, 0.25) is 0 Å². The second-order valence-electron chi connectivity index (χ2n) is 5.73. The molecule has 3 rings (SSSR count). The van der Waals surface area contributed by atoms with Crippen molar-refractivity contribution in [3.05, 3.63) is 71.3 Å². The number of para-hydroxylation sites is 1. The molecule has 0 saturated heterocycles. The van der Waals surface area contributed by atoms with Gasteiger partial charge in [0.05, 0.1) is 5.69 Å². The summed E-state index contributed by atoms with van der Waals surface area (Å²) in [5, 5.41) is 6.29. The predicted molar refractivity (Wildman–Crippen MR) is 95.7 cm³/mol. The first-order valence-corrected chi connectivity index (χ1v) is 7.73. The lowest BCUT2D eigenvalue weighted by Crippen LogP contribution is -2.03. The Balaban J connectivity index is 1.87. The number of aryl methyl sites for hydroxylation is 3. The molecule has 0 radical (unpaired) electrons. The summed E-state index contributed by atoms with van der Waals surface area (Å²) in [6, 6.07) is 14.4. The minimum Gasteiger partial charge on any atom is -0.340 e. The van der Waals surface area contributed by atoms with Gasteiger partial charge in [0, 0.05) is 11.8 Å². The summed E-state index contributed by atoms with van der Waals surface area (Å²) >= 11 is 0. The fourth-order valence-electron chi connectivity index (χ4n) is 2.49. The molecule has 3 aromatic rings. The highest BCUT2D eigenvalue weighted by Gasteiger charge is 2.07. The largest absolute Gasteiger partial charge is 0.340 e. The Morgan fingerprint density at radius 1 is 0.792 bits per heavy atom. The van der Waals surface area contributed by atoms with Crippen LogP contribution in [0, 0.1) is 26.6 Å². The Morgan fingerprint density at radius 3 is 2.12 bits per heavy atom. The highest BCUT2D eigenvalue weighted by Crippen LogP contribution is 2.24. The van der Waals surface area contributed by atoms with E-state index in [4.69, 9.17) is 0 Å². The maximum absolute atomic E-state index is 13.8. The Kier molecular flexibility index (Phi) is 4.42. The van der Waals surface area contributed by atoms with Crippen molar-refractivity contribution in [2.75, 3.05) is 10.6 Å². The summed E-state index contributed by atoms with van der Waals surface area (Å²) < 4.78 is 13.8. The molecule has 1 aromatic heterocycles. The van der Waals surface area contributed by atoms with Crippen molar-refractivity contribution in [3.8, 4) is 0 Å². The van der Waals surface area contributed by atoms with E-state index in [2.05, 4.69) is 33.6 Å². The van der Waals surface area contributed by atoms with Gasteiger partial charge in [0.15, 0.2) is 0 Å². The van der Waals surface area contributed by atoms with E-state index in [0.29, 0.717) is 23.1 Å². The van der Waals surface area contributed by atoms with Gasteiger partial charge in [-0.15, -0.1) is 0 Å². The van der Waals surface area contributed by atoms with E-state index in [9.17, 15) is 4.39 Å². The lowest BCUT2D eigenvalue weighted by molar-refractivity contribution is 0.632. The molecule has 2 N–H and O–H groups in total. The number of anilines is 4. The molecule has 24 heavy (non-hydrogen) atoms. The fourth-order valence-corrected chi connectivity index (χ4v) is 2.49. The average molecular weight is 322 g/mol. The lowest BCUT2D eigenvalue weighted by Gasteiger charge is -2.12. The van der Waals surface area contributed by atoms with Crippen molar-refractivity contribution < 1.29 is 4.39 Å². The number of aromatic nitrogens is 2. The van der Waals surface area contributed by atoms with E-state index in [1.54, 1.807) is 31.2 Å². The lowest BCUT2D eigenvalue weighted by atomic mass is 10.1. The van der Waals surface area contributed by atoms with E-state index in [1.807, 2.05) is 19.1 Å². The molecular weight excluding hydrogens is 303 g/mol. The molecule has 4 nitrogen and oxygen atoms in total. The molecule has 2 aromatic carbocycles. The monoisotopic (exact) mass is 322 g/mol. The predicted octanol–water partition coefficient (Wildman–Crippen LogP) is 5.03. The third-order valence-electron chi connectivity index (χ3n) is 3.62. The normalized spacial score (nSPS) is 10.5. The van der Waals surface area contributed by atoms with Crippen molar-refractivity contribution in [2.24, 2.45) is 0 Å². The highest BCUT2D eigenvalue weighted by molar-refractivity contribution is 5.65. The van der Waals surface area contributed by atoms with Crippen LogP contribution in [0.25, 0.3) is 0 Å². The molecule has 122 valence electrons. The van der Waals surface area contributed by atoms with Crippen molar-refractivity contribution in [1.29, 1.82) is 0 Å². The molecule has 0 atom stereocenters. The third kappa shape index (κ3) is 3.68. The quantitative estimate of drug-likeness (QED) is 0.707. The maximum atomic E-state index is 13.8. The molecule has 0 fully saturated rings. The summed E-state index contributed by atoms with van der Waals surface area (Å²) in [4.78, 5) is 8.72.